The molecule has 0 radical (unpaired) electrons. The molecule has 2 amide bonds. The average Bonchev–Trinajstić information content (AvgIpc) is 2.47. The number of anilines is 1. The summed E-state index contributed by atoms with van der Waals surface area (Å²) in [4.78, 5) is 12.1. The van der Waals surface area contributed by atoms with Gasteiger partial charge in [0.1, 0.15) is 12.0 Å². The van der Waals surface area contributed by atoms with Gasteiger partial charge in [-0.1, -0.05) is 6.92 Å². The first-order valence-electron chi connectivity index (χ1n) is 7.57. The number of hydrogen-bond acceptors (Lipinski definition) is 5. The van der Waals surface area contributed by atoms with E-state index in [1.54, 1.807) is 31.4 Å². The Morgan fingerprint density at radius 2 is 2.05 bits per heavy atom. The third-order valence-corrected chi connectivity index (χ3v) is 3.48. The lowest BCUT2D eigenvalue weighted by Crippen LogP contribution is -2.67. The van der Waals surface area contributed by atoms with Gasteiger partial charge in [-0.2, -0.15) is 0 Å². The fraction of sp³-hybridized carbons (Fsp3) is 0.533. The van der Waals surface area contributed by atoms with Crippen molar-refractivity contribution in [3.63, 3.8) is 0 Å². The molecular weight excluding hydrogens is 282 g/mol. The van der Waals surface area contributed by atoms with Crippen LogP contribution in [0.3, 0.4) is 0 Å². The minimum absolute atomic E-state index is 0.188. The molecule has 0 aliphatic carbocycles. The smallest absolute Gasteiger partial charge is 0.321 e. The van der Waals surface area contributed by atoms with Crippen LogP contribution < -0.4 is 31.3 Å². The van der Waals surface area contributed by atoms with Crippen LogP contribution in [0.25, 0.3) is 0 Å². The fourth-order valence-corrected chi connectivity index (χ4v) is 2.47. The number of hydrogen-bond donors (Lipinski definition) is 5. The lowest BCUT2D eigenvalue weighted by Gasteiger charge is -2.36. The molecule has 7 nitrogen and oxygen atoms in total. The van der Waals surface area contributed by atoms with Crippen molar-refractivity contribution in [2.75, 3.05) is 19.0 Å². The molecule has 0 bridgehead atoms. The predicted molar refractivity (Wildman–Crippen MR) is 86.8 cm³/mol. The number of methoxy groups -OCH3 is 1. The molecule has 1 saturated heterocycles. The number of ether oxygens (including phenoxy) is 1. The lowest BCUT2D eigenvalue weighted by atomic mass is 10.1. The number of benzene rings is 1. The molecular formula is C15H25N5O2. The zero-order valence-corrected chi connectivity index (χ0v) is 13.3. The summed E-state index contributed by atoms with van der Waals surface area (Å²) in [6.45, 7) is 5.05. The number of urea groups is 1. The highest BCUT2D eigenvalue weighted by Crippen LogP contribution is 2.14. The first kappa shape index (κ1) is 16.5. The third kappa shape index (κ3) is 4.87. The van der Waals surface area contributed by atoms with Crippen LogP contribution in [0, 0.1) is 0 Å². The van der Waals surface area contributed by atoms with Crippen molar-refractivity contribution >= 4 is 11.7 Å². The van der Waals surface area contributed by atoms with Crippen LogP contribution in [-0.4, -0.2) is 38.2 Å². The second-order valence-electron chi connectivity index (χ2n) is 5.34. The maximum atomic E-state index is 12.1. The van der Waals surface area contributed by atoms with Gasteiger partial charge in [0.2, 0.25) is 0 Å². The van der Waals surface area contributed by atoms with E-state index in [1.165, 1.54) is 0 Å². The van der Waals surface area contributed by atoms with E-state index in [1.807, 2.05) is 0 Å². The van der Waals surface area contributed by atoms with Crippen molar-refractivity contribution in [3.8, 4) is 5.75 Å². The second-order valence-corrected chi connectivity index (χ2v) is 5.34. The Labute approximate surface area is 131 Å². The Hall–Kier alpha value is -1.83. The van der Waals surface area contributed by atoms with Gasteiger partial charge in [-0.3, -0.25) is 10.6 Å². The van der Waals surface area contributed by atoms with Gasteiger partial charge in [-0.15, -0.1) is 0 Å². The number of rotatable bonds is 5. The molecule has 1 fully saturated rings. The molecule has 3 atom stereocenters. The number of carbonyl (C=O) groups excluding carboxylic acids is 1. The van der Waals surface area contributed by atoms with Crippen molar-refractivity contribution in [2.24, 2.45) is 0 Å². The molecule has 2 rings (SSSR count). The van der Waals surface area contributed by atoms with Gasteiger partial charge < -0.3 is 20.7 Å². The summed E-state index contributed by atoms with van der Waals surface area (Å²) in [7, 11) is 1.61. The monoisotopic (exact) mass is 307 g/mol. The van der Waals surface area contributed by atoms with Gasteiger partial charge in [-0.25, -0.2) is 4.79 Å². The van der Waals surface area contributed by atoms with Crippen LogP contribution in [0.4, 0.5) is 10.5 Å². The van der Waals surface area contributed by atoms with Crippen molar-refractivity contribution in [2.45, 2.75) is 38.8 Å². The lowest BCUT2D eigenvalue weighted by molar-refractivity contribution is 0.195. The molecule has 7 heteroatoms. The van der Waals surface area contributed by atoms with Crippen molar-refractivity contribution in [3.05, 3.63) is 24.3 Å². The summed E-state index contributed by atoms with van der Waals surface area (Å²) in [5.74, 6) is 0.754. The van der Waals surface area contributed by atoms with Crippen LogP contribution in [-0.2, 0) is 0 Å². The molecule has 1 aromatic carbocycles. The van der Waals surface area contributed by atoms with E-state index in [-0.39, 0.29) is 18.5 Å². The van der Waals surface area contributed by atoms with Crippen LogP contribution in [0.5, 0.6) is 5.75 Å². The van der Waals surface area contributed by atoms with E-state index < -0.39 is 0 Å². The SMILES string of the molecule is CCNC1CC(C)NC(NC(=O)Nc2ccc(OC)cc2)N1. The highest BCUT2D eigenvalue weighted by molar-refractivity contribution is 5.89. The summed E-state index contributed by atoms with van der Waals surface area (Å²) in [5.41, 5.74) is 0.713. The van der Waals surface area contributed by atoms with E-state index in [2.05, 4.69) is 40.4 Å². The molecule has 1 aliphatic heterocycles. The number of carbonyl (C=O) groups is 1. The maximum absolute atomic E-state index is 12.1. The minimum atomic E-state index is -0.272. The Bertz CT molecular complexity index is 479. The van der Waals surface area contributed by atoms with Gasteiger partial charge in [0.15, 0.2) is 0 Å². The zero-order chi connectivity index (χ0) is 15.9. The maximum Gasteiger partial charge on any atom is 0.321 e. The Morgan fingerprint density at radius 3 is 2.68 bits per heavy atom. The zero-order valence-electron chi connectivity index (χ0n) is 13.3. The molecule has 3 unspecified atom stereocenters. The van der Waals surface area contributed by atoms with E-state index in [0.29, 0.717) is 11.7 Å². The summed E-state index contributed by atoms with van der Waals surface area (Å²) >= 11 is 0. The van der Waals surface area contributed by atoms with Crippen LogP contribution in [0.15, 0.2) is 24.3 Å². The molecule has 0 aromatic heterocycles. The van der Waals surface area contributed by atoms with E-state index >= 15 is 0 Å². The van der Waals surface area contributed by atoms with Crippen LogP contribution in [0.2, 0.25) is 0 Å². The van der Waals surface area contributed by atoms with Crippen molar-refractivity contribution in [1.29, 1.82) is 0 Å². The molecule has 0 saturated carbocycles. The number of amides is 2. The van der Waals surface area contributed by atoms with Crippen LogP contribution >= 0.6 is 0 Å². The van der Waals surface area contributed by atoms with E-state index in [0.717, 1.165) is 18.7 Å². The van der Waals surface area contributed by atoms with E-state index in [4.69, 9.17) is 4.74 Å². The summed E-state index contributed by atoms with van der Waals surface area (Å²) in [5, 5.41) is 15.6. The molecule has 5 N–H and O–H groups in total. The van der Waals surface area contributed by atoms with Gasteiger partial charge >= 0.3 is 6.03 Å². The normalized spacial score (nSPS) is 24.6. The highest BCUT2D eigenvalue weighted by Gasteiger charge is 2.25. The Morgan fingerprint density at radius 1 is 1.32 bits per heavy atom. The number of nitrogens with one attached hydrogen (secondary N) is 5. The first-order valence-corrected chi connectivity index (χ1v) is 7.57. The Kier molecular flexibility index (Phi) is 6.00. The standard InChI is InChI=1S/C15H25N5O2/c1-4-16-13-9-10(2)17-14(19-13)20-15(21)18-11-5-7-12(22-3)8-6-11/h5-8,10,13-14,16-17,19H,4,9H2,1-3H3,(H2,18,20,21). The first-order chi connectivity index (χ1) is 10.6. The van der Waals surface area contributed by atoms with Crippen LogP contribution in [0.1, 0.15) is 20.3 Å². The second kappa shape index (κ2) is 7.98. The topological polar surface area (TPSA) is 86.5 Å². The minimum Gasteiger partial charge on any atom is -0.497 e. The van der Waals surface area contributed by atoms with Crippen molar-refractivity contribution in [1.82, 2.24) is 21.3 Å². The third-order valence-electron chi connectivity index (χ3n) is 3.48. The van der Waals surface area contributed by atoms with Gasteiger partial charge in [0.25, 0.3) is 0 Å². The van der Waals surface area contributed by atoms with Crippen molar-refractivity contribution < 1.29 is 9.53 Å². The summed E-state index contributed by atoms with van der Waals surface area (Å²) < 4.78 is 5.09. The quantitative estimate of drug-likeness (QED) is 0.560. The summed E-state index contributed by atoms with van der Waals surface area (Å²) in [6.07, 6.45) is 0.880. The summed E-state index contributed by atoms with van der Waals surface area (Å²) in [6, 6.07) is 7.25. The fourth-order valence-electron chi connectivity index (χ4n) is 2.47. The largest absolute Gasteiger partial charge is 0.497 e. The van der Waals surface area contributed by atoms with E-state index in [9.17, 15) is 4.79 Å². The average molecular weight is 307 g/mol. The van der Waals surface area contributed by atoms with Gasteiger partial charge in [0.05, 0.1) is 13.3 Å². The predicted octanol–water partition coefficient (Wildman–Crippen LogP) is 1.01. The molecule has 22 heavy (non-hydrogen) atoms. The molecule has 0 spiro atoms. The molecule has 1 aromatic rings. The van der Waals surface area contributed by atoms with Gasteiger partial charge in [-0.05, 0) is 44.2 Å². The molecule has 1 aliphatic rings. The Balaban J connectivity index is 1.84. The highest BCUT2D eigenvalue weighted by atomic mass is 16.5. The molecule has 122 valence electrons. The van der Waals surface area contributed by atoms with Gasteiger partial charge in [0, 0.05) is 11.7 Å². The molecule has 1 heterocycles.